The topological polar surface area (TPSA) is 88.1 Å². The van der Waals surface area contributed by atoms with Crippen LogP contribution in [-0.2, 0) is 14.3 Å². The van der Waals surface area contributed by atoms with E-state index in [1.54, 1.807) is 12.4 Å². The monoisotopic (exact) mass is 403 g/mol. The quantitative estimate of drug-likeness (QED) is 0.709. The first-order valence-electron chi connectivity index (χ1n) is 10.3. The first-order valence-corrected chi connectivity index (χ1v) is 10.3. The Bertz CT molecular complexity index is 752. The van der Waals surface area contributed by atoms with Crippen LogP contribution in [0.1, 0.15) is 25.7 Å². The summed E-state index contributed by atoms with van der Waals surface area (Å²) in [5, 5.41) is 0. The Morgan fingerprint density at radius 1 is 1.21 bits per heavy atom. The van der Waals surface area contributed by atoms with Crippen LogP contribution in [0.15, 0.2) is 12.4 Å². The van der Waals surface area contributed by atoms with Crippen LogP contribution >= 0.6 is 0 Å². The van der Waals surface area contributed by atoms with Gasteiger partial charge in [0.2, 0.25) is 17.7 Å². The van der Waals surface area contributed by atoms with Crippen LogP contribution in [0, 0.1) is 5.92 Å². The Morgan fingerprint density at radius 3 is 2.76 bits per heavy atom. The second-order valence-corrected chi connectivity index (χ2v) is 8.21. The first-order chi connectivity index (χ1) is 14.0. The average Bonchev–Trinajstić information content (AvgIpc) is 3.35. The number of nitrogens with zero attached hydrogens (tertiary/aromatic N) is 5. The third-order valence-electron chi connectivity index (χ3n) is 5.94. The van der Waals surface area contributed by atoms with Gasteiger partial charge in [0.25, 0.3) is 0 Å². The maximum atomic E-state index is 13.0. The predicted molar refractivity (Wildman–Crippen MR) is 106 cm³/mol. The van der Waals surface area contributed by atoms with Crippen molar-refractivity contribution in [3.05, 3.63) is 12.4 Å². The number of likely N-dealkylation sites (tertiary alicyclic amines) is 2. The molecule has 0 bridgehead atoms. The molecule has 3 fully saturated rings. The van der Waals surface area contributed by atoms with Gasteiger partial charge in [0, 0.05) is 59.3 Å². The highest BCUT2D eigenvalue weighted by Gasteiger charge is 2.41. The lowest BCUT2D eigenvalue weighted by Gasteiger charge is -2.31. The molecule has 0 aromatic carbocycles. The van der Waals surface area contributed by atoms with Gasteiger partial charge < -0.3 is 24.2 Å². The zero-order valence-electron chi connectivity index (χ0n) is 17.1. The predicted octanol–water partition coefficient (Wildman–Crippen LogP) is 0.550. The van der Waals surface area contributed by atoms with Gasteiger partial charge in [-0.3, -0.25) is 14.6 Å². The zero-order chi connectivity index (χ0) is 20.4. The fraction of sp³-hybridized carbons (Fsp3) is 0.700. The molecule has 2 amide bonds. The molecule has 9 heteroatoms. The summed E-state index contributed by atoms with van der Waals surface area (Å²) in [6.45, 7) is 3.08. The Balaban J connectivity index is 1.31. The number of anilines is 1. The van der Waals surface area contributed by atoms with Gasteiger partial charge in [0.15, 0.2) is 5.82 Å². The van der Waals surface area contributed by atoms with Crippen molar-refractivity contribution in [3.63, 3.8) is 0 Å². The van der Waals surface area contributed by atoms with Gasteiger partial charge in [-0.2, -0.15) is 4.98 Å². The number of carbonyl (C=O) groups excluding carboxylic acids is 2. The van der Waals surface area contributed by atoms with E-state index < -0.39 is 0 Å². The molecule has 3 saturated heterocycles. The summed E-state index contributed by atoms with van der Waals surface area (Å²) in [4.78, 5) is 39.7. The van der Waals surface area contributed by atoms with E-state index >= 15 is 0 Å². The number of hydrogen-bond acceptors (Lipinski definition) is 7. The molecule has 3 aliphatic rings. The van der Waals surface area contributed by atoms with Crippen molar-refractivity contribution in [3.8, 4) is 5.88 Å². The molecule has 1 aromatic heterocycles. The van der Waals surface area contributed by atoms with Crippen LogP contribution in [0.4, 0.5) is 5.82 Å². The van der Waals surface area contributed by atoms with E-state index in [-0.39, 0.29) is 29.9 Å². The second-order valence-electron chi connectivity index (χ2n) is 8.21. The minimum atomic E-state index is -0.249. The minimum absolute atomic E-state index is 0.0622. The van der Waals surface area contributed by atoms with Crippen molar-refractivity contribution in [1.82, 2.24) is 19.8 Å². The highest BCUT2D eigenvalue weighted by Crippen LogP contribution is 2.28. The van der Waals surface area contributed by atoms with Crippen LogP contribution in [0.5, 0.6) is 5.88 Å². The average molecular weight is 403 g/mol. The van der Waals surface area contributed by atoms with Crippen molar-refractivity contribution in [2.75, 3.05) is 51.8 Å². The van der Waals surface area contributed by atoms with Crippen LogP contribution < -0.4 is 9.64 Å². The van der Waals surface area contributed by atoms with Gasteiger partial charge in [-0.15, -0.1) is 0 Å². The molecule has 2 unspecified atom stereocenters. The summed E-state index contributed by atoms with van der Waals surface area (Å²) in [5.74, 6) is 1.11. The summed E-state index contributed by atoms with van der Waals surface area (Å²) in [6.07, 6.45) is 5.96. The lowest BCUT2D eigenvalue weighted by Crippen LogP contribution is -2.42. The van der Waals surface area contributed by atoms with Crippen molar-refractivity contribution < 1.29 is 19.1 Å². The summed E-state index contributed by atoms with van der Waals surface area (Å²) < 4.78 is 11.4. The molecule has 9 nitrogen and oxygen atoms in total. The van der Waals surface area contributed by atoms with Gasteiger partial charge in [0.1, 0.15) is 6.10 Å². The molecule has 3 aliphatic heterocycles. The molecule has 2 atom stereocenters. The Labute approximate surface area is 171 Å². The Hall–Kier alpha value is -2.42. The van der Waals surface area contributed by atoms with Gasteiger partial charge >= 0.3 is 0 Å². The second kappa shape index (κ2) is 8.52. The van der Waals surface area contributed by atoms with E-state index in [1.165, 1.54) is 0 Å². The number of rotatable bonds is 5. The smallest absolute Gasteiger partial charge is 0.234 e. The molecule has 0 aliphatic carbocycles. The Kier molecular flexibility index (Phi) is 5.84. The molecule has 4 heterocycles. The largest absolute Gasteiger partial charge is 0.471 e. The Morgan fingerprint density at radius 2 is 2.00 bits per heavy atom. The number of carbonyl (C=O) groups is 2. The fourth-order valence-electron chi connectivity index (χ4n) is 4.31. The van der Waals surface area contributed by atoms with Crippen LogP contribution in [0.3, 0.4) is 0 Å². The lowest BCUT2D eigenvalue weighted by atomic mass is 10.1. The molecular formula is C20H29N5O4. The van der Waals surface area contributed by atoms with E-state index in [1.807, 2.05) is 28.8 Å². The molecular weight excluding hydrogens is 374 g/mol. The fourth-order valence-corrected chi connectivity index (χ4v) is 4.31. The van der Waals surface area contributed by atoms with Crippen LogP contribution in [0.25, 0.3) is 0 Å². The summed E-state index contributed by atoms with van der Waals surface area (Å²) in [6, 6.07) is 0.214. The van der Waals surface area contributed by atoms with Crippen molar-refractivity contribution in [2.24, 2.45) is 5.92 Å². The van der Waals surface area contributed by atoms with Gasteiger partial charge in [-0.25, -0.2) is 0 Å². The first kappa shape index (κ1) is 19.9. The van der Waals surface area contributed by atoms with E-state index in [2.05, 4.69) is 9.97 Å². The molecule has 0 radical (unpaired) electrons. The third kappa shape index (κ3) is 4.44. The lowest BCUT2D eigenvalue weighted by molar-refractivity contribution is -0.135. The number of amides is 2. The van der Waals surface area contributed by atoms with E-state index in [0.29, 0.717) is 45.1 Å². The summed E-state index contributed by atoms with van der Waals surface area (Å²) in [5.41, 5.74) is 0. The van der Waals surface area contributed by atoms with Crippen molar-refractivity contribution >= 4 is 17.6 Å². The van der Waals surface area contributed by atoms with E-state index in [4.69, 9.17) is 9.47 Å². The van der Waals surface area contributed by atoms with Crippen LogP contribution in [0.2, 0.25) is 0 Å². The number of hydrogen-bond donors (Lipinski definition) is 0. The van der Waals surface area contributed by atoms with Gasteiger partial charge in [-0.1, -0.05) is 0 Å². The SMILES string of the molecule is CN(C)c1cncc(OC2CCN(C(=O)C3CC(=O)N(C4CCOCC4)C3)C2)n1. The molecule has 0 spiro atoms. The number of aromatic nitrogens is 2. The van der Waals surface area contributed by atoms with Crippen molar-refractivity contribution in [1.29, 1.82) is 0 Å². The van der Waals surface area contributed by atoms with Crippen LogP contribution in [-0.4, -0.2) is 90.7 Å². The van der Waals surface area contributed by atoms with E-state index in [9.17, 15) is 9.59 Å². The van der Waals surface area contributed by atoms with Gasteiger partial charge in [-0.05, 0) is 12.8 Å². The standard InChI is InChI=1S/C20H29N5O4/c1-23(2)17-10-21-11-18(22-17)29-16-3-6-24(13-16)20(27)14-9-19(26)25(12-14)15-4-7-28-8-5-15/h10-11,14-16H,3-9,12-13H2,1-2H3. The van der Waals surface area contributed by atoms with E-state index in [0.717, 1.165) is 25.1 Å². The minimum Gasteiger partial charge on any atom is -0.471 e. The summed E-state index contributed by atoms with van der Waals surface area (Å²) in [7, 11) is 3.80. The molecule has 29 heavy (non-hydrogen) atoms. The van der Waals surface area contributed by atoms with Gasteiger partial charge in [0.05, 0.1) is 24.9 Å². The maximum absolute atomic E-state index is 13.0. The number of ether oxygens (including phenoxy) is 2. The third-order valence-corrected chi connectivity index (χ3v) is 5.94. The summed E-state index contributed by atoms with van der Waals surface area (Å²) >= 11 is 0. The molecule has 0 N–H and O–H groups in total. The molecule has 158 valence electrons. The highest BCUT2D eigenvalue weighted by molar-refractivity contribution is 5.89. The molecule has 4 rings (SSSR count). The van der Waals surface area contributed by atoms with Crippen molar-refractivity contribution in [2.45, 2.75) is 37.8 Å². The highest BCUT2D eigenvalue weighted by atomic mass is 16.5. The molecule has 0 saturated carbocycles. The molecule has 1 aromatic rings. The zero-order valence-corrected chi connectivity index (χ0v) is 17.1. The maximum Gasteiger partial charge on any atom is 0.234 e. The normalized spacial score (nSPS) is 25.5.